The van der Waals surface area contributed by atoms with E-state index in [1.807, 2.05) is 32.0 Å². The molecule has 2 heterocycles. The minimum atomic E-state index is -3.08. The van der Waals surface area contributed by atoms with E-state index < -0.39 is 27.7 Å². The zero-order valence-electron chi connectivity index (χ0n) is 15.2. The number of hydrogen-bond donors (Lipinski definition) is 2. The number of sulfone groups is 1. The third-order valence-corrected chi connectivity index (χ3v) is 6.22. The van der Waals surface area contributed by atoms with Crippen molar-refractivity contribution in [2.75, 3.05) is 16.8 Å². The molecule has 1 atom stereocenters. The van der Waals surface area contributed by atoms with Crippen LogP contribution < -0.4 is 10.6 Å². The van der Waals surface area contributed by atoms with E-state index in [1.54, 1.807) is 0 Å². The summed E-state index contributed by atoms with van der Waals surface area (Å²) < 4.78 is 23.0. The molecule has 1 fully saturated rings. The predicted molar refractivity (Wildman–Crippen MR) is 103 cm³/mol. The molecule has 1 unspecified atom stereocenters. The fourth-order valence-corrected chi connectivity index (χ4v) is 4.69. The fourth-order valence-electron chi connectivity index (χ4n) is 3.01. The summed E-state index contributed by atoms with van der Waals surface area (Å²) in [5.74, 6) is -0.804. The molecular weight excluding hydrogens is 366 g/mol. The molecule has 1 aliphatic heterocycles. The molecule has 2 N–H and O–H groups in total. The number of hydrogen-bond acceptors (Lipinski definition) is 5. The van der Waals surface area contributed by atoms with Crippen LogP contribution >= 0.6 is 0 Å². The third-order valence-electron chi connectivity index (χ3n) is 4.45. The van der Waals surface area contributed by atoms with Crippen LogP contribution in [-0.4, -0.2) is 42.8 Å². The number of anilines is 1. The van der Waals surface area contributed by atoms with Gasteiger partial charge >= 0.3 is 0 Å². The maximum atomic E-state index is 12.5. The number of aryl methyl sites for hydroxylation is 2. The number of nitrogens with zero attached hydrogens (tertiary/aromatic N) is 1. The van der Waals surface area contributed by atoms with E-state index >= 15 is 0 Å². The maximum absolute atomic E-state index is 12.5. The lowest BCUT2D eigenvalue weighted by Crippen LogP contribution is -2.35. The lowest BCUT2D eigenvalue weighted by atomic mass is 10.1. The van der Waals surface area contributed by atoms with Crippen molar-refractivity contribution >= 4 is 27.3 Å². The van der Waals surface area contributed by atoms with E-state index in [4.69, 9.17) is 0 Å². The number of carbonyl (C=O) groups excluding carboxylic acids is 2. The Morgan fingerprint density at radius 1 is 1.11 bits per heavy atom. The molecule has 7 nitrogen and oxygen atoms in total. The van der Waals surface area contributed by atoms with Gasteiger partial charge in [-0.1, -0.05) is 17.7 Å². The quantitative estimate of drug-likeness (QED) is 0.833. The van der Waals surface area contributed by atoms with Gasteiger partial charge < -0.3 is 10.6 Å². The normalized spacial score (nSPS) is 18.1. The predicted octanol–water partition coefficient (Wildman–Crippen LogP) is 1.87. The average molecular weight is 387 g/mol. The second-order valence-electron chi connectivity index (χ2n) is 6.78. The molecule has 0 bridgehead atoms. The summed E-state index contributed by atoms with van der Waals surface area (Å²) in [5.41, 5.74) is 3.08. The molecule has 3 rings (SSSR count). The van der Waals surface area contributed by atoms with Crippen molar-refractivity contribution in [2.24, 2.45) is 0 Å². The molecule has 0 radical (unpaired) electrons. The van der Waals surface area contributed by atoms with Gasteiger partial charge in [0.15, 0.2) is 9.84 Å². The van der Waals surface area contributed by atoms with Crippen molar-refractivity contribution in [1.82, 2.24) is 10.3 Å². The molecule has 2 amide bonds. The molecule has 0 aliphatic carbocycles. The summed E-state index contributed by atoms with van der Waals surface area (Å²) in [7, 11) is -3.08. The van der Waals surface area contributed by atoms with E-state index in [-0.39, 0.29) is 22.8 Å². The first-order valence-electron chi connectivity index (χ1n) is 8.59. The molecule has 27 heavy (non-hydrogen) atoms. The number of rotatable bonds is 4. The molecule has 2 aromatic rings. The lowest BCUT2D eigenvalue weighted by molar-refractivity contribution is 0.0941. The van der Waals surface area contributed by atoms with Gasteiger partial charge in [-0.05, 0) is 44.0 Å². The summed E-state index contributed by atoms with van der Waals surface area (Å²) in [4.78, 5) is 28.9. The highest BCUT2D eigenvalue weighted by molar-refractivity contribution is 7.91. The van der Waals surface area contributed by atoms with Crippen LogP contribution in [0.25, 0.3) is 0 Å². The van der Waals surface area contributed by atoms with Gasteiger partial charge in [0.25, 0.3) is 11.8 Å². The second kappa shape index (κ2) is 7.48. The van der Waals surface area contributed by atoms with Crippen molar-refractivity contribution < 1.29 is 18.0 Å². The Morgan fingerprint density at radius 2 is 1.89 bits per heavy atom. The highest BCUT2D eigenvalue weighted by Gasteiger charge is 2.29. The minimum absolute atomic E-state index is 0.0517. The smallest absolute Gasteiger partial charge is 0.274 e. The van der Waals surface area contributed by atoms with Crippen LogP contribution in [0.5, 0.6) is 0 Å². The topological polar surface area (TPSA) is 105 Å². The van der Waals surface area contributed by atoms with Gasteiger partial charge in [0, 0.05) is 23.5 Å². The average Bonchev–Trinajstić information content (AvgIpc) is 2.96. The van der Waals surface area contributed by atoms with Crippen molar-refractivity contribution in [3.05, 3.63) is 58.9 Å². The van der Waals surface area contributed by atoms with E-state index in [2.05, 4.69) is 15.6 Å². The van der Waals surface area contributed by atoms with Gasteiger partial charge in [-0.2, -0.15) is 0 Å². The van der Waals surface area contributed by atoms with Crippen molar-refractivity contribution in [3.8, 4) is 0 Å². The number of aromatic nitrogens is 1. The van der Waals surface area contributed by atoms with Crippen LogP contribution in [-0.2, 0) is 9.84 Å². The van der Waals surface area contributed by atoms with E-state index in [0.29, 0.717) is 12.1 Å². The first-order valence-corrected chi connectivity index (χ1v) is 10.4. The summed E-state index contributed by atoms with van der Waals surface area (Å²) in [6, 6.07) is 8.17. The standard InChI is InChI=1S/C19H21N3O4S/c1-12-3-4-16(13(2)9-12)22-19(24)17-10-14(5-7-20-17)18(23)21-15-6-8-27(25,26)11-15/h3-5,7,9-10,15H,6,8,11H2,1-2H3,(H,21,23)(H,22,24). The van der Waals surface area contributed by atoms with Gasteiger partial charge in [0.2, 0.25) is 0 Å². The van der Waals surface area contributed by atoms with Gasteiger partial charge in [-0.15, -0.1) is 0 Å². The van der Waals surface area contributed by atoms with Crippen LogP contribution in [0.15, 0.2) is 36.5 Å². The Kier molecular flexibility index (Phi) is 5.27. The van der Waals surface area contributed by atoms with Crippen LogP contribution in [0.4, 0.5) is 5.69 Å². The van der Waals surface area contributed by atoms with Crippen molar-refractivity contribution in [2.45, 2.75) is 26.3 Å². The fraction of sp³-hybridized carbons (Fsp3) is 0.316. The largest absolute Gasteiger partial charge is 0.348 e. The number of amides is 2. The second-order valence-corrected chi connectivity index (χ2v) is 9.00. The summed E-state index contributed by atoms with van der Waals surface area (Å²) in [6.45, 7) is 3.87. The lowest BCUT2D eigenvalue weighted by Gasteiger charge is -2.12. The number of carbonyl (C=O) groups is 2. The molecule has 1 aliphatic rings. The number of nitrogens with one attached hydrogen (secondary N) is 2. The van der Waals surface area contributed by atoms with Gasteiger partial charge in [-0.25, -0.2) is 8.42 Å². The Morgan fingerprint density at radius 3 is 2.56 bits per heavy atom. The third kappa shape index (κ3) is 4.71. The Labute approximate surface area is 158 Å². The monoisotopic (exact) mass is 387 g/mol. The number of pyridine rings is 1. The van der Waals surface area contributed by atoms with Crippen LogP contribution in [0.3, 0.4) is 0 Å². The maximum Gasteiger partial charge on any atom is 0.274 e. The molecule has 1 aromatic carbocycles. The van der Waals surface area contributed by atoms with Crippen molar-refractivity contribution in [1.29, 1.82) is 0 Å². The van der Waals surface area contributed by atoms with E-state index in [9.17, 15) is 18.0 Å². The zero-order chi connectivity index (χ0) is 19.6. The van der Waals surface area contributed by atoms with Crippen LogP contribution in [0, 0.1) is 13.8 Å². The first-order chi connectivity index (χ1) is 12.7. The van der Waals surface area contributed by atoms with Gasteiger partial charge in [0.1, 0.15) is 5.69 Å². The van der Waals surface area contributed by atoms with Crippen molar-refractivity contribution in [3.63, 3.8) is 0 Å². The molecular formula is C19H21N3O4S. The SMILES string of the molecule is Cc1ccc(NC(=O)c2cc(C(=O)NC3CCS(=O)(=O)C3)ccn2)c(C)c1. The molecule has 1 saturated heterocycles. The summed E-state index contributed by atoms with van der Waals surface area (Å²) >= 11 is 0. The minimum Gasteiger partial charge on any atom is -0.348 e. The summed E-state index contributed by atoms with van der Waals surface area (Å²) in [6.07, 6.45) is 1.79. The first kappa shape index (κ1) is 19.0. The molecule has 142 valence electrons. The molecule has 0 spiro atoms. The molecule has 8 heteroatoms. The summed E-state index contributed by atoms with van der Waals surface area (Å²) in [5, 5.41) is 5.50. The van der Waals surface area contributed by atoms with Crippen LogP contribution in [0.2, 0.25) is 0 Å². The molecule has 1 aromatic heterocycles. The van der Waals surface area contributed by atoms with E-state index in [0.717, 1.165) is 11.1 Å². The van der Waals surface area contributed by atoms with Gasteiger partial charge in [-0.3, -0.25) is 14.6 Å². The van der Waals surface area contributed by atoms with Gasteiger partial charge in [0.05, 0.1) is 11.5 Å². The molecule has 0 saturated carbocycles. The highest BCUT2D eigenvalue weighted by Crippen LogP contribution is 2.17. The number of benzene rings is 1. The Hall–Kier alpha value is -2.74. The zero-order valence-corrected chi connectivity index (χ0v) is 16.0. The highest BCUT2D eigenvalue weighted by atomic mass is 32.2. The van der Waals surface area contributed by atoms with Crippen LogP contribution in [0.1, 0.15) is 38.4 Å². The van der Waals surface area contributed by atoms with E-state index in [1.165, 1.54) is 18.3 Å². The Balaban J connectivity index is 1.71. The Bertz CT molecular complexity index is 1000.